The second-order valence-electron chi connectivity index (χ2n) is 6.93. The van der Waals surface area contributed by atoms with Gasteiger partial charge in [0.2, 0.25) is 0 Å². The molecule has 0 unspecified atom stereocenters. The van der Waals surface area contributed by atoms with E-state index < -0.39 is 24.1 Å². The molecule has 0 bridgehead atoms. The number of carbonyl (C=O) groups excluding carboxylic acids is 2. The number of hydrogen-bond donors (Lipinski definition) is 2. The summed E-state index contributed by atoms with van der Waals surface area (Å²) in [6.45, 7) is -0.0295. The molecule has 34 heavy (non-hydrogen) atoms. The molecule has 3 rings (SSSR count). The molecule has 0 aliphatic carbocycles. The smallest absolute Gasteiger partial charge is 0.458 e. The van der Waals surface area contributed by atoms with Crippen LogP contribution < -0.4 is 20.9 Å². The number of hydrogen-bond acceptors (Lipinski definition) is 7. The Morgan fingerprint density at radius 3 is 2.18 bits per heavy atom. The van der Waals surface area contributed by atoms with Crippen LogP contribution in [0.5, 0.6) is 11.5 Å². The highest BCUT2D eigenvalue weighted by Gasteiger charge is 2.31. The van der Waals surface area contributed by atoms with Crippen molar-refractivity contribution in [1.82, 2.24) is 0 Å². The average molecular weight is 472 g/mol. The zero-order valence-electron chi connectivity index (χ0n) is 17.5. The molecule has 7 nitrogen and oxygen atoms in total. The van der Waals surface area contributed by atoms with Crippen LogP contribution in [0.3, 0.4) is 0 Å². The Bertz CT molecular complexity index is 1190. The number of nitrogen functional groups attached to an aromatic ring is 2. The fraction of sp³-hybridized carbons (Fsp3) is 0.0833. The van der Waals surface area contributed by atoms with Crippen molar-refractivity contribution in [2.75, 3.05) is 11.5 Å². The maximum atomic E-state index is 12.2. The number of rotatable bonds is 7. The summed E-state index contributed by atoms with van der Waals surface area (Å²) in [4.78, 5) is 24.1. The summed E-state index contributed by atoms with van der Waals surface area (Å²) >= 11 is 0. The maximum Gasteiger partial charge on any atom is 0.573 e. The Balaban J connectivity index is 1.52. The van der Waals surface area contributed by atoms with Crippen molar-refractivity contribution in [3.05, 3.63) is 89.5 Å². The number of anilines is 2. The van der Waals surface area contributed by atoms with Gasteiger partial charge in [-0.15, -0.1) is 13.2 Å². The number of benzene rings is 3. The average Bonchev–Trinajstić information content (AvgIpc) is 2.78. The second kappa shape index (κ2) is 10.4. The first-order chi connectivity index (χ1) is 16.1. The molecule has 0 radical (unpaired) electrons. The van der Waals surface area contributed by atoms with Crippen molar-refractivity contribution in [2.45, 2.75) is 13.0 Å². The van der Waals surface area contributed by atoms with Crippen LogP contribution in [0.25, 0.3) is 6.08 Å². The van der Waals surface area contributed by atoms with Crippen LogP contribution in [0.1, 0.15) is 21.5 Å². The van der Waals surface area contributed by atoms with Gasteiger partial charge in [-0.2, -0.15) is 0 Å². The summed E-state index contributed by atoms with van der Waals surface area (Å²) < 4.78 is 50.7. The lowest BCUT2D eigenvalue weighted by Gasteiger charge is -2.09. The van der Waals surface area contributed by atoms with E-state index in [0.29, 0.717) is 22.5 Å². The molecular weight excluding hydrogens is 453 g/mol. The molecule has 0 fully saturated rings. The molecule has 0 spiro atoms. The first-order valence-electron chi connectivity index (χ1n) is 9.76. The van der Waals surface area contributed by atoms with E-state index in [1.54, 1.807) is 30.3 Å². The molecule has 0 aliphatic rings. The highest BCUT2D eigenvalue weighted by molar-refractivity contribution is 5.91. The maximum absolute atomic E-state index is 12.2. The van der Waals surface area contributed by atoms with E-state index >= 15 is 0 Å². The highest BCUT2D eigenvalue weighted by Crippen LogP contribution is 2.23. The van der Waals surface area contributed by atoms with E-state index in [4.69, 9.17) is 20.9 Å². The molecule has 0 atom stereocenters. The van der Waals surface area contributed by atoms with E-state index in [1.165, 1.54) is 24.3 Å². The number of alkyl halides is 3. The second-order valence-corrected chi connectivity index (χ2v) is 6.93. The molecule has 3 aromatic rings. The van der Waals surface area contributed by atoms with Crippen LogP contribution in [0.15, 0.2) is 72.8 Å². The lowest BCUT2D eigenvalue weighted by Crippen LogP contribution is -2.17. The zero-order chi connectivity index (χ0) is 24.7. The minimum Gasteiger partial charge on any atom is -0.458 e. The van der Waals surface area contributed by atoms with E-state index in [0.717, 1.165) is 24.3 Å². The van der Waals surface area contributed by atoms with Gasteiger partial charge in [-0.1, -0.05) is 12.1 Å². The third kappa shape index (κ3) is 7.30. The van der Waals surface area contributed by atoms with E-state index in [9.17, 15) is 22.8 Å². The molecule has 10 heteroatoms. The normalized spacial score (nSPS) is 11.3. The number of carbonyl (C=O) groups is 2. The van der Waals surface area contributed by atoms with Gasteiger partial charge < -0.3 is 25.7 Å². The molecule has 0 aromatic heterocycles. The molecule has 0 heterocycles. The number of ether oxygens (including phenoxy) is 3. The first kappa shape index (κ1) is 24.2. The lowest BCUT2D eigenvalue weighted by molar-refractivity contribution is -0.274. The molecular formula is C24H19F3N2O5. The Morgan fingerprint density at radius 2 is 1.53 bits per heavy atom. The Labute approximate surface area is 192 Å². The van der Waals surface area contributed by atoms with E-state index in [-0.39, 0.29) is 17.9 Å². The quantitative estimate of drug-likeness (QED) is 0.221. The summed E-state index contributed by atoms with van der Waals surface area (Å²) in [7, 11) is 0. The van der Waals surface area contributed by atoms with Gasteiger partial charge >= 0.3 is 18.3 Å². The van der Waals surface area contributed by atoms with Crippen molar-refractivity contribution in [3.63, 3.8) is 0 Å². The number of nitrogens with two attached hydrogens (primary N) is 2. The topological polar surface area (TPSA) is 114 Å². The van der Waals surface area contributed by atoms with Gasteiger partial charge in [0, 0.05) is 23.0 Å². The third-order valence-corrected chi connectivity index (χ3v) is 4.36. The summed E-state index contributed by atoms with van der Waals surface area (Å²) in [6.07, 6.45) is -2.08. The first-order valence-corrected chi connectivity index (χ1v) is 9.76. The van der Waals surface area contributed by atoms with Gasteiger partial charge in [0.1, 0.15) is 18.1 Å². The molecule has 0 aliphatic heterocycles. The van der Waals surface area contributed by atoms with E-state index in [1.807, 2.05) is 0 Å². The molecule has 3 aromatic carbocycles. The van der Waals surface area contributed by atoms with E-state index in [2.05, 4.69) is 4.74 Å². The van der Waals surface area contributed by atoms with Crippen LogP contribution in [0, 0.1) is 0 Å². The highest BCUT2D eigenvalue weighted by atomic mass is 19.4. The summed E-state index contributed by atoms with van der Waals surface area (Å²) in [5, 5.41) is 0. The molecule has 0 saturated heterocycles. The minimum atomic E-state index is -4.82. The fourth-order valence-electron chi connectivity index (χ4n) is 2.72. The molecule has 0 amide bonds. The van der Waals surface area contributed by atoms with Crippen molar-refractivity contribution >= 4 is 29.4 Å². The van der Waals surface area contributed by atoms with Gasteiger partial charge in [-0.3, -0.25) is 0 Å². The fourth-order valence-corrected chi connectivity index (χ4v) is 2.72. The van der Waals surface area contributed by atoms with Crippen LogP contribution in [0.4, 0.5) is 24.5 Å². The zero-order valence-corrected chi connectivity index (χ0v) is 17.5. The standard InChI is InChI=1S/C24H19F3N2O5/c25-24(26,27)34-20-9-4-16(5-10-20)23(31)33-19-7-1-15(2-8-19)3-12-22(30)32-14-17-13-18(28)6-11-21(17)29/h1-13H,14,28-29H2. The predicted octanol–water partition coefficient (Wildman–Crippen LogP) is 4.73. The largest absolute Gasteiger partial charge is 0.573 e. The molecule has 0 saturated carbocycles. The van der Waals surface area contributed by atoms with Crippen LogP contribution in [-0.4, -0.2) is 18.3 Å². The van der Waals surface area contributed by atoms with Crippen molar-refractivity contribution < 1.29 is 37.0 Å². The van der Waals surface area contributed by atoms with Gasteiger partial charge in [0.05, 0.1) is 5.56 Å². The Hall–Kier alpha value is -4.47. The Kier molecular flexibility index (Phi) is 7.42. The monoisotopic (exact) mass is 472 g/mol. The number of halogens is 3. The van der Waals surface area contributed by atoms with Gasteiger partial charge in [0.15, 0.2) is 0 Å². The van der Waals surface area contributed by atoms with Crippen molar-refractivity contribution in [1.29, 1.82) is 0 Å². The minimum absolute atomic E-state index is 0.0295. The third-order valence-electron chi connectivity index (χ3n) is 4.36. The lowest BCUT2D eigenvalue weighted by atomic mass is 10.2. The van der Waals surface area contributed by atoms with Crippen molar-refractivity contribution in [2.24, 2.45) is 0 Å². The van der Waals surface area contributed by atoms with Gasteiger partial charge in [-0.25, -0.2) is 9.59 Å². The summed E-state index contributed by atoms with van der Waals surface area (Å²) in [5.41, 5.74) is 13.7. The predicted molar refractivity (Wildman–Crippen MR) is 119 cm³/mol. The van der Waals surface area contributed by atoms with Crippen LogP contribution >= 0.6 is 0 Å². The summed E-state index contributed by atoms with van der Waals surface area (Å²) in [6, 6.07) is 15.4. The van der Waals surface area contributed by atoms with Crippen LogP contribution in [-0.2, 0) is 16.1 Å². The van der Waals surface area contributed by atoms with Gasteiger partial charge in [0.25, 0.3) is 0 Å². The molecule has 4 N–H and O–H groups in total. The van der Waals surface area contributed by atoms with Crippen molar-refractivity contribution in [3.8, 4) is 11.5 Å². The van der Waals surface area contributed by atoms with Gasteiger partial charge in [-0.05, 0) is 66.2 Å². The molecule has 176 valence electrons. The van der Waals surface area contributed by atoms with Crippen LogP contribution in [0.2, 0.25) is 0 Å². The Morgan fingerprint density at radius 1 is 0.882 bits per heavy atom. The number of esters is 2. The summed E-state index contributed by atoms with van der Waals surface area (Å²) in [5.74, 6) is -1.59. The SMILES string of the molecule is Nc1ccc(N)c(COC(=O)C=Cc2ccc(OC(=O)c3ccc(OC(F)(F)F)cc3)cc2)c1.